The molecule has 0 saturated heterocycles. The summed E-state index contributed by atoms with van der Waals surface area (Å²) in [6.07, 6.45) is 0. The predicted molar refractivity (Wildman–Crippen MR) is 87.0 cm³/mol. The zero-order valence-electron chi connectivity index (χ0n) is 11.7. The van der Waals surface area contributed by atoms with Crippen molar-refractivity contribution in [3.8, 4) is 28.6 Å². The molecule has 2 aromatic heterocycles. The minimum Gasteiger partial charge on any atom is -0.382 e. The Morgan fingerprint density at radius 2 is 1.61 bits per heavy atom. The monoisotopic (exact) mass is 323 g/mol. The average Bonchev–Trinajstić information content (AvgIpc) is 2.55. The van der Waals surface area contributed by atoms with Crippen LogP contribution in [0.15, 0.2) is 36.4 Å². The van der Waals surface area contributed by atoms with Crippen LogP contribution >= 0.6 is 11.6 Å². The molecule has 0 fully saturated rings. The SMILES string of the molecule is N#Cc1c(N)nc(N)nc1-c1ccc(-c2ccc(Cl)nn2)cc1. The van der Waals surface area contributed by atoms with E-state index in [1.807, 2.05) is 18.2 Å². The standard InChI is InChI=1S/C15H10ClN7/c16-12-6-5-11(22-23-12)8-1-3-9(4-2-8)13-10(7-17)14(18)21-15(19)20-13/h1-6H,(H4,18,19,20,21). The Morgan fingerprint density at radius 1 is 0.913 bits per heavy atom. The Kier molecular flexibility index (Phi) is 3.75. The van der Waals surface area contributed by atoms with Gasteiger partial charge in [0.25, 0.3) is 0 Å². The normalized spacial score (nSPS) is 10.3. The molecule has 0 aliphatic rings. The number of nitrogen functional groups attached to an aromatic ring is 2. The van der Waals surface area contributed by atoms with E-state index in [9.17, 15) is 5.26 Å². The molecule has 0 aliphatic heterocycles. The summed E-state index contributed by atoms with van der Waals surface area (Å²) in [5, 5.41) is 17.4. The number of nitriles is 1. The number of rotatable bonds is 2. The van der Waals surface area contributed by atoms with Gasteiger partial charge in [-0.2, -0.15) is 10.2 Å². The largest absolute Gasteiger partial charge is 0.382 e. The van der Waals surface area contributed by atoms with Crippen LogP contribution in [0.2, 0.25) is 5.15 Å². The van der Waals surface area contributed by atoms with Crippen molar-refractivity contribution < 1.29 is 0 Å². The maximum Gasteiger partial charge on any atom is 0.222 e. The Bertz CT molecular complexity index is 899. The number of benzene rings is 1. The zero-order chi connectivity index (χ0) is 16.4. The van der Waals surface area contributed by atoms with Crippen LogP contribution < -0.4 is 11.5 Å². The van der Waals surface area contributed by atoms with Crippen LogP contribution in [0.1, 0.15) is 5.56 Å². The van der Waals surface area contributed by atoms with Gasteiger partial charge in [0.1, 0.15) is 17.5 Å². The molecule has 0 aliphatic carbocycles. The summed E-state index contributed by atoms with van der Waals surface area (Å²) in [5.74, 6) is 0.0757. The Morgan fingerprint density at radius 3 is 2.22 bits per heavy atom. The first-order valence-electron chi connectivity index (χ1n) is 6.51. The van der Waals surface area contributed by atoms with Crippen molar-refractivity contribution in [2.45, 2.75) is 0 Å². The van der Waals surface area contributed by atoms with E-state index in [1.54, 1.807) is 24.3 Å². The van der Waals surface area contributed by atoms with Crippen molar-refractivity contribution in [2.75, 3.05) is 11.5 Å². The van der Waals surface area contributed by atoms with E-state index in [-0.39, 0.29) is 17.3 Å². The number of hydrogen-bond acceptors (Lipinski definition) is 7. The molecule has 0 spiro atoms. The van der Waals surface area contributed by atoms with Gasteiger partial charge in [-0.3, -0.25) is 0 Å². The van der Waals surface area contributed by atoms with Gasteiger partial charge < -0.3 is 11.5 Å². The zero-order valence-corrected chi connectivity index (χ0v) is 12.5. The molecule has 0 atom stereocenters. The molecule has 3 aromatic rings. The molecule has 2 heterocycles. The number of nitrogens with zero attached hydrogens (tertiary/aromatic N) is 5. The van der Waals surface area contributed by atoms with Crippen molar-refractivity contribution in [2.24, 2.45) is 0 Å². The van der Waals surface area contributed by atoms with Crippen LogP contribution in [0.3, 0.4) is 0 Å². The number of anilines is 2. The van der Waals surface area contributed by atoms with Crippen molar-refractivity contribution >= 4 is 23.4 Å². The van der Waals surface area contributed by atoms with Gasteiger partial charge in [0.15, 0.2) is 5.15 Å². The first-order valence-corrected chi connectivity index (χ1v) is 6.89. The molecule has 1 aromatic carbocycles. The Balaban J connectivity index is 2.04. The number of nitrogens with two attached hydrogens (primary N) is 2. The summed E-state index contributed by atoms with van der Waals surface area (Å²) in [6.45, 7) is 0. The maximum absolute atomic E-state index is 9.23. The molecule has 112 valence electrons. The lowest BCUT2D eigenvalue weighted by atomic mass is 10.0. The fourth-order valence-electron chi connectivity index (χ4n) is 2.08. The molecule has 23 heavy (non-hydrogen) atoms. The smallest absolute Gasteiger partial charge is 0.222 e. The minimum absolute atomic E-state index is 0.0177. The van der Waals surface area contributed by atoms with Crippen molar-refractivity contribution in [3.63, 3.8) is 0 Å². The molecule has 0 amide bonds. The maximum atomic E-state index is 9.23. The summed E-state index contributed by atoms with van der Waals surface area (Å²) in [5.41, 5.74) is 14.2. The first-order chi connectivity index (χ1) is 11.1. The highest BCUT2D eigenvalue weighted by molar-refractivity contribution is 6.29. The molecule has 8 heteroatoms. The Hall–Kier alpha value is -3.24. The van der Waals surface area contributed by atoms with E-state index in [0.717, 1.165) is 5.56 Å². The van der Waals surface area contributed by atoms with E-state index < -0.39 is 0 Å². The lowest BCUT2D eigenvalue weighted by Crippen LogP contribution is -2.04. The quantitative estimate of drug-likeness (QED) is 0.740. The summed E-state index contributed by atoms with van der Waals surface area (Å²) < 4.78 is 0. The molecule has 7 nitrogen and oxygen atoms in total. The first kappa shape index (κ1) is 14.7. The second-order valence-electron chi connectivity index (χ2n) is 4.62. The molecule has 0 saturated carbocycles. The molecular weight excluding hydrogens is 314 g/mol. The molecule has 0 unspecified atom stereocenters. The summed E-state index contributed by atoms with van der Waals surface area (Å²) >= 11 is 5.73. The average molecular weight is 324 g/mol. The third kappa shape index (κ3) is 2.88. The van der Waals surface area contributed by atoms with Gasteiger partial charge in [0, 0.05) is 11.1 Å². The second kappa shape index (κ2) is 5.87. The summed E-state index contributed by atoms with van der Waals surface area (Å²) in [4.78, 5) is 7.90. The highest BCUT2D eigenvalue weighted by atomic mass is 35.5. The fourth-order valence-corrected chi connectivity index (χ4v) is 2.18. The summed E-state index contributed by atoms with van der Waals surface area (Å²) in [7, 11) is 0. The lowest BCUT2D eigenvalue weighted by molar-refractivity contribution is 1.04. The van der Waals surface area contributed by atoms with Gasteiger partial charge in [-0.05, 0) is 12.1 Å². The van der Waals surface area contributed by atoms with E-state index in [2.05, 4.69) is 20.2 Å². The van der Waals surface area contributed by atoms with Crippen LogP contribution in [-0.4, -0.2) is 20.2 Å². The van der Waals surface area contributed by atoms with E-state index >= 15 is 0 Å². The number of aromatic nitrogens is 4. The van der Waals surface area contributed by atoms with Crippen LogP contribution in [-0.2, 0) is 0 Å². The highest BCUT2D eigenvalue weighted by Gasteiger charge is 2.13. The molecule has 4 N–H and O–H groups in total. The molecule has 3 rings (SSSR count). The third-order valence-electron chi connectivity index (χ3n) is 3.15. The molecule has 0 bridgehead atoms. The lowest BCUT2D eigenvalue weighted by Gasteiger charge is -2.07. The van der Waals surface area contributed by atoms with Gasteiger partial charge in [-0.15, -0.1) is 10.2 Å². The second-order valence-corrected chi connectivity index (χ2v) is 5.01. The Labute approximate surface area is 136 Å². The van der Waals surface area contributed by atoms with Gasteiger partial charge in [-0.1, -0.05) is 35.9 Å². The number of halogens is 1. The molecular formula is C15H10ClN7. The fraction of sp³-hybridized carbons (Fsp3) is 0. The number of hydrogen-bond donors (Lipinski definition) is 2. The van der Waals surface area contributed by atoms with Gasteiger partial charge in [0.2, 0.25) is 5.95 Å². The summed E-state index contributed by atoms with van der Waals surface area (Å²) in [6, 6.07) is 12.7. The van der Waals surface area contributed by atoms with E-state index in [1.165, 1.54) is 0 Å². The van der Waals surface area contributed by atoms with E-state index in [4.69, 9.17) is 23.1 Å². The van der Waals surface area contributed by atoms with Gasteiger partial charge in [0.05, 0.1) is 11.4 Å². The van der Waals surface area contributed by atoms with Gasteiger partial charge >= 0.3 is 0 Å². The van der Waals surface area contributed by atoms with Gasteiger partial charge in [-0.25, -0.2) is 4.98 Å². The van der Waals surface area contributed by atoms with Crippen LogP contribution in [0, 0.1) is 11.3 Å². The van der Waals surface area contributed by atoms with Crippen LogP contribution in [0.25, 0.3) is 22.5 Å². The van der Waals surface area contributed by atoms with Crippen LogP contribution in [0.4, 0.5) is 11.8 Å². The van der Waals surface area contributed by atoms with Crippen molar-refractivity contribution in [1.29, 1.82) is 5.26 Å². The predicted octanol–water partition coefficient (Wildman–Crippen LogP) is 2.29. The van der Waals surface area contributed by atoms with Crippen molar-refractivity contribution in [1.82, 2.24) is 20.2 Å². The van der Waals surface area contributed by atoms with Crippen molar-refractivity contribution in [3.05, 3.63) is 47.1 Å². The minimum atomic E-state index is 0.0177. The topological polar surface area (TPSA) is 127 Å². The molecule has 0 radical (unpaired) electrons. The highest BCUT2D eigenvalue weighted by Crippen LogP contribution is 2.27. The van der Waals surface area contributed by atoms with E-state index in [0.29, 0.717) is 22.1 Å². The van der Waals surface area contributed by atoms with Crippen LogP contribution in [0.5, 0.6) is 0 Å². The third-order valence-corrected chi connectivity index (χ3v) is 3.35.